The smallest absolute Gasteiger partial charge is 0.109 e. The van der Waals surface area contributed by atoms with Gasteiger partial charge in [0.25, 0.3) is 0 Å². The molecule has 1 fully saturated rings. The number of aryl methyl sites for hydroxylation is 2. The highest BCUT2D eigenvalue weighted by Gasteiger charge is 2.42. The molecule has 1 heterocycles. The molecule has 2 rings (SSSR count). The van der Waals surface area contributed by atoms with Crippen molar-refractivity contribution in [3.05, 3.63) is 15.9 Å². The molecule has 0 radical (unpaired) electrons. The highest BCUT2D eigenvalue weighted by Crippen LogP contribution is 2.38. The van der Waals surface area contributed by atoms with Crippen molar-refractivity contribution in [2.45, 2.75) is 58.5 Å². The van der Waals surface area contributed by atoms with E-state index in [1.165, 1.54) is 5.69 Å². The number of hydrogen-bond donors (Lipinski definition) is 1. The zero-order valence-corrected chi connectivity index (χ0v) is 14.1. The Morgan fingerprint density at radius 3 is 2.85 bits per heavy atom. The summed E-state index contributed by atoms with van der Waals surface area (Å²) in [5, 5.41) is 17.6. The molecule has 0 saturated heterocycles. The average molecular weight is 339 g/mol. The van der Waals surface area contributed by atoms with Crippen molar-refractivity contribution in [3.63, 3.8) is 0 Å². The van der Waals surface area contributed by atoms with Crippen LogP contribution < -0.4 is 5.32 Å². The molecule has 0 aromatic carbocycles. The van der Waals surface area contributed by atoms with Gasteiger partial charge in [-0.1, -0.05) is 13.3 Å². The van der Waals surface area contributed by atoms with E-state index in [1.807, 2.05) is 6.92 Å². The zero-order chi connectivity index (χ0) is 14.8. The fourth-order valence-electron chi connectivity index (χ4n) is 3.37. The van der Waals surface area contributed by atoms with Crippen LogP contribution in [-0.4, -0.2) is 21.9 Å². The summed E-state index contributed by atoms with van der Waals surface area (Å²) in [5.41, 5.74) is 1.89. The van der Waals surface area contributed by atoms with Crippen LogP contribution >= 0.6 is 15.9 Å². The molecular formula is C15H23BrN4. The van der Waals surface area contributed by atoms with Crippen molar-refractivity contribution < 1.29 is 0 Å². The van der Waals surface area contributed by atoms with Crippen LogP contribution in [0.25, 0.3) is 0 Å². The quantitative estimate of drug-likeness (QED) is 0.895. The van der Waals surface area contributed by atoms with Crippen LogP contribution in [-0.2, 0) is 6.54 Å². The molecule has 1 aliphatic carbocycles. The number of aromatic nitrogens is 2. The first kappa shape index (κ1) is 15.5. The molecular weight excluding hydrogens is 316 g/mol. The third-order valence-corrected chi connectivity index (χ3v) is 5.64. The average Bonchev–Trinajstić information content (AvgIpc) is 2.94. The topological polar surface area (TPSA) is 53.6 Å². The van der Waals surface area contributed by atoms with Gasteiger partial charge >= 0.3 is 0 Å². The lowest BCUT2D eigenvalue weighted by Crippen LogP contribution is -2.47. The second-order valence-corrected chi connectivity index (χ2v) is 6.49. The van der Waals surface area contributed by atoms with Crippen molar-refractivity contribution in [3.8, 4) is 6.07 Å². The van der Waals surface area contributed by atoms with E-state index in [2.05, 4.69) is 50.9 Å². The first-order valence-corrected chi connectivity index (χ1v) is 8.19. The van der Waals surface area contributed by atoms with Gasteiger partial charge in [-0.25, -0.2) is 0 Å². The molecule has 2 atom stereocenters. The molecule has 0 bridgehead atoms. The molecule has 1 N–H and O–H groups in total. The summed E-state index contributed by atoms with van der Waals surface area (Å²) in [4.78, 5) is 0. The number of rotatable bonds is 5. The normalized spacial score (nSPS) is 25.9. The molecule has 0 spiro atoms. The lowest BCUT2D eigenvalue weighted by molar-refractivity contribution is 0.290. The Hall–Kier alpha value is -0.860. The van der Waals surface area contributed by atoms with Crippen molar-refractivity contribution in [2.75, 3.05) is 6.54 Å². The Morgan fingerprint density at radius 1 is 1.55 bits per heavy atom. The highest BCUT2D eigenvalue weighted by atomic mass is 79.9. The van der Waals surface area contributed by atoms with Crippen LogP contribution in [0, 0.1) is 31.1 Å². The maximum Gasteiger partial charge on any atom is 0.109 e. The van der Waals surface area contributed by atoms with E-state index < -0.39 is 0 Å². The lowest BCUT2D eigenvalue weighted by atomic mass is 9.86. The summed E-state index contributed by atoms with van der Waals surface area (Å²) < 4.78 is 3.16. The Labute approximate surface area is 129 Å². The summed E-state index contributed by atoms with van der Waals surface area (Å²) in [6.45, 7) is 7.92. The van der Waals surface area contributed by atoms with E-state index in [0.717, 1.165) is 48.9 Å². The van der Waals surface area contributed by atoms with Gasteiger partial charge in [0.05, 0.1) is 16.2 Å². The second kappa shape index (κ2) is 6.28. The van der Waals surface area contributed by atoms with Gasteiger partial charge in [-0.3, -0.25) is 10.00 Å². The molecule has 5 heteroatoms. The van der Waals surface area contributed by atoms with E-state index in [9.17, 15) is 5.26 Å². The van der Waals surface area contributed by atoms with Gasteiger partial charge in [0.1, 0.15) is 5.54 Å². The molecule has 2 unspecified atom stereocenters. The molecule has 0 amide bonds. The van der Waals surface area contributed by atoms with E-state index in [1.54, 1.807) is 0 Å². The van der Waals surface area contributed by atoms with Crippen LogP contribution in [0.3, 0.4) is 0 Å². The van der Waals surface area contributed by atoms with Crippen LogP contribution in [0.15, 0.2) is 4.47 Å². The summed E-state index contributed by atoms with van der Waals surface area (Å²) in [6, 6.07) is 2.55. The van der Waals surface area contributed by atoms with Crippen LogP contribution in [0.1, 0.15) is 44.0 Å². The van der Waals surface area contributed by atoms with Gasteiger partial charge in [0.15, 0.2) is 0 Å². The number of nitrogens with zero attached hydrogens (tertiary/aromatic N) is 3. The first-order chi connectivity index (χ1) is 9.54. The predicted molar refractivity (Wildman–Crippen MR) is 83.4 cm³/mol. The largest absolute Gasteiger partial charge is 0.299 e. The molecule has 1 aliphatic rings. The Bertz CT molecular complexity index is 517. The molecule has 1 aromatic rings. The Kier molecular flexibility index (Phi) is 4.87. The van der Waals surface area contributed by atoms with E-state index in [4.69, 9.17) is 0 Å². The molecule has 1 aromatic heterocycles. The van der Waals surface area contributed by atoms with Gasteiger partial charge < -0.3 is 0 Å². The van der Waals surface area contributed by atoms with Gasteiger partial charge in [-0.2, -0.15) is 10.4 Å². The minimum absolute atomic E-state index is 0.317. The third-order valence-electron chi connectivity index (χ3n) is 4.49. The second-order valence-electron chi connectivity index (χ2n) is 5.70. The Morgan fingerprint density at radius 2 is 2.30 bits per heavy atom. The van der Waals surface area contributed by atoms with Crippen molar-refractivity contribution in [1.82, 2.24) is 15.1 Å². The number of nitriles is 1. The summed E-state index contributed by atoms with van der Waals surface area (Å²) in [7, 11) is 0. The number of halogens is 1. The fourth-order valence-corrected chi connectivity index (χ4v) is 3.66. The van der Waals surface area contributed by atoms with Crippen molar-refractivity contribution in [1.29, 1.82) is 5.26 Å². The minimum atomic E-state index is -0.317. The van der Waals surface area contributed by atoms with Crippen LogP contribution in [0.5, 0.6) is 0 Å². The maximum atomic E-state index is 9.58. The highest BCUT2D eigenvalue weighted by molar-refractivity contribution is 9.10. The lowest BCUT2D eigenvalue weighted by Gasteiger charge is -2.29. The number of hydrogen-bond acceptors (Lipinski definition) is 3. The van der Waals surface area contributed by atoms with Gasteiger partial charge in [0.2, 0.25) is 0 Å². The van der Waals surface area contributed by atoms with E-state index in [-0.39, 0.29) is 5.54 Å². The van der Waals surface area contributed by atoms with Crippen molar-refractivity contribution >= 4 is 15.9 Å². The standard InChI is InChI=1S/C15H23BrN4/c1-4-18-15(10-17)8-5-6-13(15)7-9-20-12(3)14(16)11(2)19-20/h13,18H,4-9H2,1-3H3. The SMILES string of the molecule is CCNC1(C#N)CCCC1CCn1nc(C)c(Br)c1C. The van der Waals surface area contributed by atoms with E-state index in [0.29, 0.717) is 5.92 Å². The molecule has 0 aliphatic heterocycles. The van der Waals surface area contributed by atoms with Crippen LogP contribution in [0.2, 0.25) is 0 Å². The van der Waals surface area contributed by atoms with Gasteiger partial charge in [0, 0.05) is 12.2 Å². The molecule has 20 heavy (non-hydrogen) atoms. The first-order valence-electron chi connectivity index (χ1n) is 7.40. The van der Waals surface area contributed by atoms with Gasteiger partial charge in [-0.15, -0.1) is 0 Å². The minimum Gasteiger partial charge on any atom is -0.299 e. The van der Waals surface area contributed by atoms with Gasteiger partial charge in [-0.05, 0) is 61.5 Å². The maximum absolute atomic E-state index is 9.58. The molecule has 1 saturated carbocycles. The summed E-state index contributed by atoms with van der Waals surface area (Å²) in [5.74, 6) is 0.426. The van der Waals surface area contributed by atoms with Crippen LogP contribution in [0.4, 0.5) is 0 Å². The third kappa shape index (κ3) is 2.77. The fraction of sp³-hybridized carbons (Fsp3) is 0.733. The molecule has 4 nitrogen and oxygen atoms in total. The summed E-state index contributed by atoms with van der Waals surface area (Å²) in [6.07, 6.45) is 4.27. The van der Waals surface area contributed by atoms with Crippen molar-refractivity contribution in [2.24, 2.45) is 5.92 Å². The monoisotopic (exact) mass is 338 g/mol. The Balaban J connectivity index is 2.06. The number of nitrogens with one attached hydrogen (secondary N) is 1. The molecule has 110 valence electrons. The predicted octanol–water partition coefficient (Wildman–Crippen LogP) is 3.32. The van der Waals surface area contributed by atoms with E-state index >= 15 is 0 Å². The summed E-state index contributed by atoms with van der Waals surface area (Å²) >= 11 is 3.57. The zero-order valence-electron chi connectivity index (χ0n) is 12.5.